The molecule has 2 heterocycles. The third-order valence-electron chi connectivity index (χ3n) is 4.12. The summed E-state index contributed by atoms with van der Waals surface area (Å²) in [6.45, 7) is 3.19. The molecule has 1 aromatic carbocycles. The van der Waals surface area contributed by atoms with Crippen molar-refractivity contribution < 1.29 is 9.52 Å². The zero-order valence-corrected chi connectivity index (χ0v) is 11.7. The minimum Gasteiger partial charge on any atom is -0.408 e. The fourth-order valence-electron chi connectivity index (χ4n) is 2.84. The van der Waals surface area contributed by atoms with E-state index in [2.05, 4.69) is 4.90 Å². The van der Waals surface area contributed by atoms with E-state index in [1.807, 2.05) is 12.1 Å². The van der Waals surface area contributed by atoms with Crippen molar-refractivity contribution in [3.05, 3.63) is 34.3 Å². The number of oxazole rings is 1. The first-order valence-corrected chi connectivity index (χ1v) is 7.15. The average Bonchev–Trinajstić information content (AvgIpc) is 3.05. The summed E-state index contributed by atoms with van der Waals surface area (Å²) in [6, 6.07) is 5.46. The molecule has 108 valence electrons. The second-order valence-electron chi connectivity index (χ2n) is 5.51. The molecule has 1 aliphatic rings. The van der Waals surface area contributed by atoms with Gasteiger partial charge >= 0.3 is 5.76 Å². The zero-order valence-electron chi connectivity index (χ0n) is 11.7. The summed E-state index contributed by atoms with van der Waals surface area (Å²) in [6.07, 6.45) is 2.72. The lowest BCUT2D eigenvalue weighted by molar-refractivity contribution is 0.149. The van der Waals surface area contributed by atoms with Crippen LogP contribution in [0.3, 0.4) is 0 Å². The molecule has 1 N–H and O–H groups in total. The summed E-state index contributed by atoms with van der Waals surface area (Å²) < 4.78 is 6.62. The van der Waals surface area contributed by atoms with Crippen LogP contribution >= 0.6 is 0 Å². The van der Waals surface area contributed by atoms with Crippen molar-refractivity contribution in [2.75, 3.05) is 19.6 Å². The van der Waals surface area contributed by atoms with Crippen molar-refractivity contribution in [3.63, 3.8) is 0 Å². The molecule has 2 aromatic rings. The normalized spacial score (nSPS) is 17.9. The molecule has 0 aliphatic carbocycles. The number of nitrogens with zero attached hydrogens (tertiary/aromatic N) is 2. The molecule has 0 saturated carbocycles. The highest BCUT2D eigenvalue weighted by atomic mass is 16.4. The van der Waals surface area contributed by atoms with Crippen molar-refractivity contribution in [1.29, 1.82) is 0 Å². The second-order valence-corrected chi connectivity index (χ2v) is 5.51. The van der Waals surface area contributed by atoms with Gasteiger partial charge in [0.25, 0.3) is 0 Å². The SMILES string of the molecule is Cn1c(=O)oc2cc(C(O)CCN3CCCC3)ccc21. The summed E-state index contributed by atoms with van der Waals surface area (Å²) in [4.78, 5) is 13.8. The summed E-state index contributed by atoms with van der Waals surface area (Å²) in [5.41, 5.74) is 2.10. The maximum absolute atomic E-state index is 11.4. The van der Waals surface area contributed by atoms with E-state index in [0.717, 1.165) is 30.7 Å². The number of benzene rings is 1. The summed E-state index contributed by atoms with van der Waals surface area (Å²) >= 11 is 0. The molecule has 20 heavy (non-hydrogen) atoms. The predicted molar refractivity (Wildman–Crippen MR) is 76.7 cm³/mol. The molecule has 0 amide bonds. The number of aliphatic hydroxyl groups excluding tert-OH is 1. The van der Waals surface area contributed by atoms with Gasteiger partial charge in [0.1, 0.15) is 0 Å². The summed E-state index contributed by atoms with van der Waals surface area (Å²) in [5.74, 6) is -0.372. The van der Waals surface area contributed by atoms with E-state index in [0.29, 0.717) is 12.0 Å². The minimum absolute atomic E-state index is 0.372. The van der Waals surface area contributed by atoms with Crippen LogP contribution in [0.2, 0.25) is 0 Å². The molecule has 0 spiro atoms. The monoisotopic (exact) mass is 276 g/mol. The van der Waals surface area contributed by atoms with Crippen LogP contribution in [0, 0.1) is 0 Å². The Morgan fingerprint density at radius 2 is 2.10 bits per heavy atom. The van der Waals surface area contributed by atoms with E-state index < -0.39 is 6.10 Å². The van der Waals surface area contributed by atoms with Crippen molar-refractivity contribution in [2.45, 2.75) is 25.4 Å². The van der Waals surface area contributed by atoms with E-state index in [-0.39, 0.29) is 5.76 Å². The highest BCUT2D eigenvalue weighted by Crippen LogP contribution is 2.22. The Kier molecular flexibility index (Phi) is 3.63. The molecule has 1 unspecified atom stereocenters. The van der Waals surface area contributed by atoms with E-state index in [9.17, 15) is 9.90 Å². The topological polar surface area (TPSA) is 58.6 Å². The number of likely N-dealkylation sites (tertiary alicyclic amines) is 1. The average molecular weight is 276 g/mol. The van der Waals surface area contributed by atoms with Gasteiger partial charge in [0, 0.05) is 13.6 Å². The van der Waals surface area contributed by atoms with Crippen molar-refractivity contribution in [1.82, 2.24) is 9.47 Å². The van der Waals surface area contributed by atoms with Gasteiger partial charge in [-0.25, -0.2) is 4.79 Å². The fourth-order valence-corrected chi connectivity index (χ4v) is 2.84. The molecule has 1 saturated heterocycles. The number of aliphatic hydroxyl groups is 1. The molecule has 1 fully saturated rings. The van der Waals surface area contributed by atoms with Gasteiger partial charge in [-0.05, 0) is 50.0 Å². The smallest absolute Gasteiger partial charge is 0.408 e. The lowest BCUT2D eigenvalue weighted by Gasteiger charge is -2.17. The first-order valence-electron chi connectivity index (χ1n) is 7.15. The van der Waals surface area contributed by atoms with E-state index in [1.54, 1.807) is 13.1 Å². The van der Waals surface area contributed by atoms with Crippen LogP contribution in [0.25, 0.3) is 11.1 Å². The highest BCUT2D eigenvalue weighted by molar-refractivity contribution is 5.73. The molecule has 5 heteroatoms. The number of rotatable bonds is 4. The van der Waals surface area contributed by atoms with Crippen molar-refractivity contribution in [3.8, 4) is 0 Å². The lowest BCUT2D eigenvalue weighted by atomic mass is 10.1. The number of fused-ring (bicyclic) bond motifs is 1. The van der Waals surface area contributed by atoms with Crippen LogP contribution in [0.15, 0.2) is 27.4 Å². The molecular weight excluding hydrogens is 256 g/mol. The molecule has 1 atom stereocenters. The lowest BCUT2D eigenvalue weighted by Crippen LogP contribution is -2.22. The zero-order chi connectivity index (χ0) is 14.1. The number of aromatic nitrogens is 1. The van der Waals surface area contributed by atoms with Gasteiger partial charge in [-0.2, -0.15) is 0 Å². The van der Waals surface area contributed by atoms with Crippen LogP contribution in [-0.4, -0.2) is 34.2 Å². The predicted octanol–water partition coefficient (Wildman–Crippen LogP) is 1.65. The van der Waals surface area contributed by atoms with Crippen LogP contribution in [0.5, 0.6) is 0 Å². The van der Waals surface area contributed by atoms with Gasteiger partial charge in [0.15, 0.2) is 5.58 Å². The molecule has 0 bridgehead atoms. The minimum atomic E-state index is -0.509. The molecule has 3 rings (SSSR count). The van der Waals surface area contributed by atoms with E-state index in [4.69, 9.17) is 4.42 Å². The van der Waals surface area contributed by atoms with Gasteiger partial charge in [-0.15, -0.1) is 0 Å². The third kappa shape index (κ3) is 2.51. The van der Waals surface area contributed by atoms with Crippen molar-refractivity contribution in [2.24, 2.45) is 7.05 Å². The largest absolute Gasteiger partial charge is 0.419 e. The van der Waals surface area contributed by atoms with Gasteiger partial charge in [-0.1, -0.05) is 6.07 Å². The maximum atomic E-state index is 11.4. The fraction of sp³-hybridized carbons (Fsp3) is 0.533. The maximum Gasteiger partial charge on any atom is 0.419 e. The molecule has 1 aromatic heterocycles. The van der Waals surface area contributed by atoms with Gasteiger partial charge in [0.2, 0.25) is 0 Å². The molecular formula is C15H20N2O3. The number of aryl methyl sites for hydroxylation is 1. The molecule has 0 radical (unpaired) electrons. The Hall–Kier alpha value is -1.59. The van der Waals surface area contributed by atoms with Gasteiger partial charge in [-0.3, -0.25) is 4.57 Å². The van der Waals surface area contributed by atoms with Crippen molar-refractivity contribution >= 4 is 11.1 Å². The summed E-state index contributed by atoms with van der Waals surface area (Å²) in [7, 11) is 1.68. The number of hydrogen-bond acceptors (Lipinski definition) is 4. The molecule has 1 aliphatic heterocycles. The number of hydrogen-bond donors (Lipinski definition) is 1. The Morgan fingerprint density at radius 1 is 1.35 bits per heavy atom. The highest BCUT2D eigenvalue weighted by Gasteiger charge is 2.15. The van der Waals surface area contributed by atoms with Crippen LogP contribution in [0.1, 0.15) is 30.9 Å². The molecule has 5 nitrogen and oxygen atoms in total. The Labute approximate surface area is 117 Å². The van der Waals surface area contributed by atoms with Crippen LogP contribution in [0.4, 0.5) is 0 Å². The van der Waals surface area contributed by atoms with Gasteiger partial charge < -0.3 is 14.4 Å². The Balaban J connectivity index is 1.73. The first kappa shape index (κ1) is 13.4. The van der Waals surface area contributed by atoms with E-state index in [1.165, 1.54) is 17.4 Å². The Morgan fingerprint density at radius 3 is 2.85 bits per heavy atom. The standard InChI is InChI=1S/C15H20N2O3/c1-16-12-5-4-11(10-14(12)20-15(16)19)13(18)6-9-17-7-2-3-8-17/h4-5,10,13,18H,2-3,6-9H2,1H3. The van der Waals surface area contributed by atoms with Gasteiger partial charge in [0.05, 0.1) is 11.6 Å². The van der Waals surface area contributed by atoms with E-state index >= 15 is 0 Å². The van der Waals surface area contributed by atoms with Crippen LogP contribution < -0.4 is 5.76 Å². The second kappa shape index (κ2) is 5.42. The first-order chi connectivity index (χ1) is 9.65. The Bertz CT molecular complexity index is 653. The van der Waals surface area contributed by atoms with Crippen LogP contribution in [-0.2, 0) is 7.05 Å². The third-order valence-corrected chi connectivity index (χ3v) is 4.12. The summed E-state index contributed by atoms with van der Waals surface area (Å²) in [5, 5.41) is 10.3. The quantitative estimate of drug-likeness (QED) is 0.922.